The van der Waals surface area contributed by atoms with E-state index < -0.39 is 10.0 Å². The predicted octanol–water partition coefficient (Wildman–Crippen LogP) is 3.12. The Balaban J connectivity index is 2.10. The molecule has 160 valence electrons. The average molecular weight is 422 g/mol. The summed E-state index contributed by atoms with van der Waals surface area (Å²) in [6, 6.07) is 9.74. The summed E-state index contributed by atoms with van der Waals surface area (Å²) in [5.74, 6) is 0.551. The molecule has 2 aromatic rings. The zero-order valence-corrected chi connectivity index (χ0v) is 18.4. The van der Waals surface area contributed by atoms with Gasteiger partial charge in [-0.1, -0.05) is 27.7 Å². The van der Waals surface area contributed by atoms with Crippen molar-refractivity contribution in [1.29, 1.82) is 0 Å². The number of hydrogen-bond donors (Lipinski definition) is 1. The van der Waals surface area contributed by atoms with E-state index >= 15 is 0 Å². The van der Waals surface area contributed by atoms with Crippen molar-refractivity contribution in [3.05, 3.63) is 54.0 Å². The van der Waals surface area contributed by atoms with Crippen LogP contribution in [0.4, 0.5) is 0 Å². The van der Waals surface area contributed by atoms with Crippen LogP contribution in [0.15, 0.2) is 52.0 Å². The largest absolute Gasteiger partial charge is 0.468 e. The molecule has 0 saturated heterocycles. The Bertz CT molecular complexity index is 856. The summed E-state index contributed by atoms with van der Waals surface area (Å²) >= 11 is 0. The van der Waals surface area contributed by atoms with Crippen LogP contribution in [-0.4, -0.2) is 56.3 Å². The maximum absolute atomic E-state index is 12.6. The molecule has 7 nitrogen and oxygen atoms in total. The van der Waals surface area contributed by atoms with Gasteiger partial charge in [-0.15, -0.1) is 0 Å². The summed E-state index contributed by atoms with van der Waals surface area (Å²) in [6.07, 6.45) is 1.63. The van der Waals surface area contributed by atoms with E-state index in [1.54, 1.807) is 32.2 Å². The Hall–Kier alpha value is -2.16. The maximum Gasteiger partial charge on any atom is 0.251 e. The molecular weight excluding hydrogens is 390 g/mol. The monoisotopic (exact) mass is 421 g/mol. The number of nitrogens with one attached hydrogen (secondary N) is 1. The van der Waals surface area contributed by atoms with Gasteiger partial charge in [-0.3, -0.25) is 9.69 Å². The van der Waals surface area contributed by atoms with E-state index in [9.17, 15) is 13.2 Å². The summed E-state index contributed by atoms with van der Waals surface area (Å²) in [4.78, 5) is 15.0. The summed E-state index contributed by atoms with van der Waals surface area (Å²) in [7, 11) is -3.53. The first-order valence-corrected chi connectivity index (χ1v) is 11.5. The molecule has 29 heavy (non-hydrogen) atoms. The quantitative estimate of drug-likeness (QED) is 0.603. The van der Waals surface area contributed by atoms with Crippen LogP contribution in [0.3, 0.4) is 0 Å². The number of furan rings is 1. The molecule has 1 unspecified atom stereocenters. The Morgan fingerprint density at radius 3 is 2.10 bits per heavy atom. The zero-order chi connectivity index (χ0) is 21.4. The minimum absolute atomic E-state index is 0.0636. The van der Waals surface area contributed by atoms with Crippen LogP contribution in [0.1, 0.15) is 49.9 Å². The number of hydrogen-bond acceptors (Lipinski definition) is 5. The Kier molecular flexibility index (Phi) is 8.43. The normalized spacial score (nSPS) is 13.0. The topological polar surface area (TPSA) is 82.9 Å². The van der Waals surface area contributed by atoms with Gasteiger partial charge in [0.05, 0.1) is 17.2 Å². The van der Waals surface area contributed by atoms with Crippen LogP contribution < -0.4 is 5.32 Å². The van der Waals surface area contributed by atoms with Gasteiger partial charge < -0.3 is 9.73 Å². The fraction of sp³-hybridized carbons (Fsp3) is 0.476. The molecule has 0 fully saturated rings. The van der Waals surface area contributed by atoms with Gasteiger partial charge in [-0.05, 0) is 49.5 Å². The third-order valence-corrected chi connectivity index (χ3v) is 7.10. The molecule has 0 aliphatic carbocycles. The molecule has 1 heterocycles. The Labute approximate surface area is 173 Å². The SMILES string of the molecule is CCN(CC)C(CNC(=O)c1ccc(S(=O)(=O)N(CC)CC)cc1)c1ccco1. The first kappa shape index (κ1) is 23.1. The van der Waals surface area contributed by atoms with E-state index in [2.05, 4.69) is 24.1 Å². The van der Waals surface area contributed by atoms with Crippen molar-refractivity contribution in [1.82, 2.24) is 14.5 Å². The highest BCUT2D eigenvalue weighted by atomic mass is 32.2. The third-order valence-electron chi connectivity index (χ3n) is 5.04. The van der Waals surface area contributed by atoms with Crippen LogP contribution in [-0.2, 0) is 10.0 Å². The molecule has 1 aromatic carbocycles. The predicted molar refractivity (Wildman–Crippen MR) is 113 cm³/mol. The Morgan fingerprint density at radius 1 is 1.00 bits per heavy atom. The van der Waals surface area contributed by atoms with Crippen LogP contribution in [0.25, 0.3) is 0 Å². The third kappa shape index (κ3) is 5.46. The molecule has 0 saturated carbocycles. The van der Waals surface area contributed by atoms with Crippen molar-refractivity contribution in [2.75, 3.05) is 32.7 Å². The molecule has 0 radical (unpaired) electrons. The second kappa shape index (κ2) is 10.6. The summed E-state index contributed by atoms with van der Waals surface area (Å²) < 4.78 is 32.1. The fourth-order valence-electron chi connectivity index (χ4n) is 3.34. The van der Waals surface area contributed by atoms with Crippen LogP contribution >= 0.6 is 0 Å². The molecule has 0 spiro atoms. The van der Waals surface area contributed by atoms with Gasteiger partial charge in [0.25, 0.3) is 5.91 Å². The van der Waals surface area contributed by atoms with E-state index in [1.807, 2.05) is 12.1 Å². The number of benzene rings is 1. The number of amides is 1. The highest BCUT2D eigenvalue weighted by Crippen LogP contribution is 2.21. The fourth-order valence-corrected chi connectivity index (χ4v) is 4.80. The number of rotatable bonds is 11. The molecule has 1 amide bonds. The lowest BCUT2D eigenvalue weighted by Crippen LogP contribution is -2.38. The van der Waals surface area contributed by atoms with Crippen molar-refractivity contribution in [3.63, 3.8) is 0 Å². The minimum Gasteiger partial charge on any atom is -0.468 e. The second-order valence-corrected chi connectivity index (χ2v) is 8.51. The molecule has 2 rings (SSSR count). The molecule has 1 N–H and O–H groups in total. The van der Waals surface area contributed by atoms with E-state index in [1.165, 1.54) is 16.4 Å². The molecule has 1 atom stereocenters. The van der Waals surface area contributed by atoms with Gasteiger partial charge >= 0.3 is 0 Å². The highest BCUT2D eigenvalue weighted by Gasteiger charge is 2.23. The van der Waals surface area contributed by atoms with Crippen molar-refractivity contribution < 1.29 is 17.6 Å². The zero-order valence-electron chi connectivity index (χ0n) is 17.6. The smallest absolute Gasteiger partial charge is 0.251 e. The molecular formula is C21H31N3O4S. The van der Waals surface area contributed by atoms with E-state index in [4.69, 9.17) is 4.42 Å². The van der Waals surface area contributed by atoms with Gasteiger partial charge in [0, 0.05) is 25.2 Å². The lowest BCUT2D eigenvalue weighted by atomic mass is 10.1. The molecule has 1 aromatic heterocycles. The van der Waals surface area contributed by atoms with Gasteiger partial charge in [-0.25, -0.2) is 8.42 Å². The van der Waals surface area contributed by atoms with E-state index in [0.717, 1.165) is 18.8 Å². The second-order valence-electron chi connectivity index (χ2n) is 6.58. The number of sulfonamides is 1. The van der Waals surface area contributed by atoms with E-state index in [-0.39, 0.29) is 16.8 Å². The number of carbonyl (C=O) groups is 1. The van der Waals surface area contributed by atoms with Crippen molar-refractivity contribution in [3.8, 4) is 0 Å². The standard InChI is InChI=1S/C21H31N3O4S/c1-5-23(6-2)19(20-10-9-15-28-20)16-22-21(25)17-11-13-18(14-12-17)29(26,27)24(7-3)8-4/h9-15,19H,5-8,16H2,1-4H3,(H,22,25). The molecule has 0 aliphatic heterocycles. The molecule has 0 aliphatic rings. The van der Waals surface area contributed by atoms with Gasteiger partial charge in [0.2, 0.25) is 10.0 Å². The van der Waals surface area contributed by atoms with Crippen LogP contribution in [0.5, 0.6) is 0 Å². The van der Waals surface area contributed by atoms with Crippen molar-refractivity contribution in [2.24, 2.45) is 0 Å². The number of carbonyl (C=O) groups excluding carboxylic acids is 1. The van der Waals surface area contributed by atoms with E-state index in [0.29, 0.717) is 25.2 Å². The van der Waals surface area contributed by atoms with Crippen molar-refractivity contribution >= 4 is 15.9 Å². The minimum atomic E-state index is -3.53. The highest BCUT2D eigenvalue weighted by molar-refractivity contribution is 7.89. The summed E-state index contributed by atoms with van der Waals surface area (Å²) in [6.45, 7) is 10.6. The number of nitrogens with zero attached hydrogens (tertiary/aromatic N) is 2. The Morgan fingerprint density at radius 2 is 1.62 bits per heavy atom. The van der Waals surface area contributed by atoms with Crippen LogP contribution in [0.2, 0.25) is 0 Å². The summed E-state index contributed by atoms with van der Waals surface area (Å²) in [5.41, 5.74) is 0.418. The van der Waals surface area contributed by atoms with Crippen molar-refractivity contribution in [2.45, 2.75) is 38.6 Å². The lowest BCUT2D eigenvalue weighted by Gasteiger charge is -2.28. The first-order chi connectivity index (χ1) is 13.9. The first-order valence-electron chi connectivity index (χ1n) is 10.0. The van der Waals surface area contributed by atoms with Gasteiger partial charge in [0.15, 0.2) is 0 Å². The van der Waals surface area contributed by atoms with Crippen LogP contribution in [0, 0.1) is 0 Å². The average Bonchev–Trinajstić information content (AvgIpc) is 3.26. The molecule has 8 heteroatoms. The summed E-state index contributed by atoms with van der Waals surface area (Å²) in [5, 5.41) is 2.94. The lowest BCUT2D eigenvalue weighted by molar-refractivity contribution is 0.0929. The van der Waals surface area contributed by atoms with Gasteiger partial charge in [0.1, 0.15) is 5.76 Å². The number of likely N-dealkylation sites (N-methyl/N-ethyl adjacent to an activating group) is 1. The van der Waals surface area contributed by atoms with Gasteiger partial charge in [-0.2, -0.15) is 4.31 Å². The maximum atomic E-state index is 12.6. The molecule has 0 bridgehead atoms.